The summed E-state index contributed by atoms with van der Waals surface area (Å²) in [7, 11) is 0. The number of rotatable bonds is 3. The van der Waals surface area contributed by atoms with Crippen molar-refractivity contribution < 1.29 is 9.59 Å². The molecule has 27 heavy (non-hydrogen) atoms. The number of thiocarbonyl (C=S) groups is 1. The van der Waals surface area contributed by atoms with Gasteiger partial charge in [-0.1, -0.05) is 17.7 Å². The summed E-state index contributed by atoms with van der Waals surface area (Å²) >= 11 is 11.1. The third kappa shape index (κ3) is 5.28. The predicted molar refractivity (Wildman–Crippen MR) is 111 cm³/mol. The second-order valence-corrected chi connectivity index (χ2v) is 7.19. The predicted octanol–water partition coefficient (Wildman–Crippen LogP) is 4.09. The number of halogens is 1. The van der Waals surface area contributed by atoms with Crippen LogP contribution in [0.2, 0.25) is 5.02 Å². The summed E-state index contributed by atoms with van der Waals surface area (Å²) in [5.41, 5.74) is 1.77. The van der Waals surface area contributed by atoms with Gasteiger partial charge in [-0.2, -0.15) is 0 Å². The molecule has 1 saturated heterocycles. The SMILES string of the molecule is O=C(NC(=S)Nc1ccc(C(=O)N2CCCCC2)cc1)c1cccc(Cl)c1. The Hall–Kier alpha value is -2.44. The topological polar surface area (TPSA) is 61.4 Å². The second-order valence-electron chi connectivity index (χ2n) is 6.35. The molecule has 2 aromatic carbocycles. The Balaban J connectivity index is 1.56. The zero-order chi connectivity index (χ0) is 19.2. The molecule has 2 amide bonds. The normalized spacial score (nSPS) is 13.7. The van der Waals surface area contributed by atoms with E-state index in [9.17, 15) is 9.59 Å². The van der Waals surface area contributed by atoms with E-state index in [0.717, 1.165) is 25.9 Å². The van der Waals surface area contributed by atoms with Crippen molar-refractivity contribution in [2.24, 2.45) is 0 Å². The summed E-state index contributed by atoms with van der Waals surface area (Å²) in [5, 5.41) is 6.21. The number of piperidine rings is 1. The van der Waals surface area contributed by atoms with E-state index in [4.69, 9.17) is 23.8 Å². The molecule has 1 heterocycles. The minimum absolute atomic E-state index is 0.0538. The van der Waals surface area contributed by atoms with E-state index in [1.165, 1.54) is 6.42 Å². The Morgan fingerprint density at radius 3 is 2.33 bits per heavy atom. The average molecular weight is 402 g/mol. The van der Waals surface area contributed by atoms with Gasteiger partial charge in [0.15, 0.2) is 5.11 Å². The quantitative estimate of drug-likeness (QED) is 0.760. The Kier molecular flexibility index (Phi) is 6.42. The van der Waals surface area contributed by atoms with E-state index in [1.54, 1.807) is 48.5 Å². The number of hydrogen-bond donors (Lipinski definition) is 2. The third-order valence-electron chi connectivity index (χ3n) is 4.35. The fourth-order valence-electron chi connectivity index (χ4n) is 2.94. The molecule has 0 radical (unpaired) electrons. The zero-order valence-corrected chi connectivity index (χ0v) is 16.3. The lowest BCUT2D eigenvalue weighted by molar-refractivity contribution is 0.0724. The highest BCUT2D eigenvalue weighted by Crippen LogP contribution is 2.16. The first kappa shape index (κ1) is 19.3. The van der Waals surface area contributed by atoms with Gasteiger partial charge in [0, 0.05) is 34.9 Å². The van der Waals surface area contributed by atoms with Gasteiger partial charge in [0.1, 0.15) is 0 Å². The number of carbonyl (C=O) groups is 2. The van der Waals surface area contributed by atoms with Gasteiger partial charge < -0.3 is 10.2 Å². The van der Waals surface area contributed by atoms with Gasteiger partial charge in [0.05, 0.1) is 0 Å². The van der Waals surface area contributed by atoms with Crippen molar-refractivity contribution in [1.82, 2.24) is 10.2 Å². The monoisotopic (exact) mass is 401 g/mol. The largest absolute Gasteiger partial charge is 0.339 e. The molecular weight excluding hydrogens is 382 g/mol. The highest BCUT2D eigenvalue weighted by molar-refractivity contribution is 7.80. The Morgan fingerprint density at radius 1 is 0.963 bits per heavy atom. The molecule has 0 aliphatic carbocycles. The van der Waals surface area contributed by atoms with Crippen LogP contribution in [0.1, 0.15) is 40.0 Å². The molecule has 2 aromatic rings. The lowest BCUT2D eigenvalue weighted by Crippen LogP contribution is -2.35. The Morgan fingerprint density at radius 2 is 1.67 bits per heavy atom. The molecule has 2 N–H and O–H groups in total. The standard InChI is InChI=1S/C20H20ClN3O2S/c21-16-6-4-5-15(13-16)18(25)23-20(27)22-17-9-7-14(8-10-17)19(26)24-11-2-1-3-12-24/h4-10,13H,1-3,11-12H2,(H2,22,23,25,27). The van der Waals surface area contributed by atoms with Crippen molar-refractivity contribution in [3.05, 3.63) is 64.7 Å². The lowest BCUT2D eigenvalue weighted by atomic mass is 10.1. The summed E-state index contributed by atoms with van der Waals surface area (Å²) < 4.78 is 0. The molecule has 0 spiro atoms. The highest BCUT2D eigenvalue weighted by Gasteiger charge is 2.18. The van der Waals surface area contributed by atoms with E-state index in [2.05, 4.69) is 10.6 Å². The fourth-order valence-corrected chi connectivity index (χ4v) is 3.34. The molecule has 3 rings (SSSR count). The van der Waals surface area contributed by atoms with Gasteiger partial charge >= 0.3 is 0 Å². The molecule has 0 aromatic heterocycles. The molecule has 0 unspecified atom stereocenters. The van der Waals surface area contributed by atoms with Gasteiger partial charge in [-0.3, -0.25) is 14.9 Å². The van der Waals surface area contributed by atoms with Crippen LogP contribution in [-0.4, -0.2) is 34.9 Å². The van der Waals surface area contributed by atoms with Crippen LogP contribution in [-0.2, 0) is 0 Å². The van der Waals surface area contributed by atoms with Crippen LogP contribution in [0.3, 0.4) is 0 Å². The number of nitrogens with one attached hydrogen (secondary N) is 2. The van der Waals surface area contributed by atoms with Gasteiger partial charge in [0.2, 0.25) is 0 Å². The number of amides is 2. The summed E-state index contributed by atoms with van der Waals surface area (Å²) in [4.78, 5) is 26.5. The summed E-state index contributed by atoms with van der Waals surface area (Å²) in [6.07, 6.45) is 3.31. The number of carbonyl (C=O) groups excluding carboxylic acids is 2. The molecule has 1 aliphatic rings. The second kappa shape index (κ2) is 8.97. The maximum absolute atomic E-state index is 12.5. The minimum atomic E-state index is -0.341. The smallest absolute Gasteiger partial charge is 0.257 e. The van der Waals surface area contributed by atoms with Crippen LogP contribution in [0.25, 0.3) is 0 Å². The molecule has 0 atom stereocenters. The molecule has 140 valence electrons. The first-order valence-electron chi connectivity index (χ1n) is 8.80. The van der Waals surface area contributed by atoms with Crippen molar-refractivity contribution in [3.63, 3.8) is 0 Å². The number of benzene rings is 2. The third-order valence-corrected chi connectivity index (χ3v) is 4.79. The molecule has 1 aliphatic heterocycles. The number of nitrogens with zero attached hydrogens (tertiary/aromatic N) is 1. The number of likely N-dealkylation sites (tertiary alicyclic amines) is 1. The lowest BCUT2D eigenvalue weighted by Gasteiger charge is -2.26. The van der Waals surface area contributed by atoms with Crippen LogP contribution in [0.15, 0.2) is 48.5 Å². The minimum Gasteiger partial charge on any atom is -0.339 e. The summed E-state index contributed by atoms with van der Waals surface area (Å²) in [5.74, 6) is -0.287. The molecule has 5 nitrogen and oxygen atoms in total. The van der Waals surface area contributed by atoms with E-state index in [1.807, 2.05) is 4.90 Å². The van der Waals surface area contributed by atoms with E-state index >= 15 is 0 Å². The van der Waals surface area contributed by atoms with Crippen molar-refractivity contribution in [2.75, 3.05) is 18.4 Å². The summed E-state index contributed by atoms with van der Waals surface area (Å²) in [6.45, 7) is 1.64. The van der Waals surface area contributed by atoms with Crippen LogP contribution in [0, 0.1) is 0 Å². The van der Waals surface area contributed by atoms with Crippen LogP contribution in [0.5, 0.6) is 0 Å². The first-order valence-corrected chi connectivity index (χ1v) is 9.59. The van der Waals surface area contributed by atoms with Crippen LogP contribution >= 0.6 is 23.8 Å². The highest BCUT2D eigenvalue weighted by atomic mass is 35.5. The van der Waals surface area contributed by atoms with E-state index in [-0.39, 0.29) is 16.9 Å². The van der Waals surface area contributed by atoms with Gasteiger partial charge in [-0.05, 0) is 73.9 Å². The fraction of sp³-hybridized carbons (Fsp3) is 0.250. The van der Waals surface area contributed by atoms with Gasteiger partial charge in [-0.15, -0.1) is 0 Å². The Bertz CT molecular complexity index is 849. The van der Waals surface area contributed by atoms with Crippen LogP contribution < -0.4 is 10.6 Å². The van der Waals surface area contributed by atoms with Gasteiger partial charge in [0.25, 0.3) is 11.8 Å². The molecule has 1 fully saturated rings. The summed E-state index contributed by atoms with van der Waals surface area (Å²) in [6, 6.07) is 13.7. The van der Waals surface area contributed by atoms with Crippen molar-refractivity contribution in [3.8, 4) is 0 Å². The molecular formula is C20H20ClN3O2S. The molecule has 0 bridgehead atoms. The number of anilines is 1. The average Bonchev–Trinajstić information content (AvgIpc) is 2.68. The molecule has 0 saturated carbocycles. The first-order chi connectivity index (χ1) is 13.0. The van der Waals surface area contributed by atoms with Gasteiger partial charge in [-0.25, -0.2) is 0 Å². The maximum atomic E-state index is 12.5. The zero-order valence-electron chi connectivity index (χ0n) is 14.7. The van der Waals surface area contributed by atoms with E-state index < -0.39 is 0 Å². The molecule has 7 heteroatoms. The Labute approximate surface area is 168 Å². The van der Waals surface area contributed by atoms with E-state index in [0.29, 0.717) is 21.8 Å². The van der Waals surface area contributed by atoms with Crippen molar-refractivity contribution in [1.29, 1.82) is 0 Å². The van der Waals surface area contributed by atoms with Crippen molar-refractivity contribution >= 4 is 46.4 Å². The van der Waals surface area contributed by atoms with Crippen LogP contribution in [0.4, 0.5) is 5.69 Å². The maximum Gasteiger partial charge on any atom is 0.257 e. The van der Waals surface area contributed by atoms with Crippen molar-refractivity contribution in [2.45, 2.75) is 19.3 Å². The number of hydrogen-bond acceptors (Lipinski definition) is 3.